The molecule has 0 radical (unpaired) electrons. The van der Waals surface area contributed by atoms with Gasteiger partial charge in [-0.25, -0.2) is 8.42 Å². The van der Waals surface area contributed by atoms with Gasteiger partial charge in [-0.15, -0.1) is 0 Å². The fourth-order valence-corrected chi connectivity index (χ4v) is 3.85. The van der Waals surface area contributed by atoms with E-state index in [-0.39, 0.29) is 10.8 Å². The zero-order chi connectivity index (χ0) is 14.4. The second kappa shape index (κ2) is 4.78. The monoisotopic (exact) mass is 275 g/mol. The van der Waals surface area contributed by atoms with E-state index in [1.165, 1.54) is 0 Å². The summed E-state index contributed by atoms with van der Waals surface area (Å²) in [5, 5.41) is -0.695. The van der Waals surface area contributed by atoms with E-state index in [2.05, 4.69) is 41.5 Å². The zero-order valence-corrected chi connectivity index (χ0v) is 13.3. The van der Waals surface area contributed by atoms with Crippen LogP contribution in [0.5, 0.6) is 0 Å². The molecule has 108 valence electrons. The van der Waals surface area contributed by atoms with E-state index in [0.29, 0.717) is 24.7 Å². The topological polar surface area (TPSA) is 57.2 Å². The fraction of sp³-hybridized carbons (Fsp3) is 1.00. The molecule has 1 aliphatic carbocycles. The largest absolute Gasteiger partial charge is 0.748 e. The van der Waals surface area contributed by atoms with Crippen LogP contribution in [0.1, 0.15) is 60.8 Å². The van der Waals surface area contributed by atoms with Crippen molar-refractivity contribution in [1.82, 2.24) is 0 Å². The molecule has 0 heterocycles. The second-order valence-electron chi connectivity index (χ2n) is 7.95. The standard InChI is InChI=1S/C14H28O3S/c1-13(2,3)10-7-11(14(4,5)6)9-12(8-10)18(15,16)17/h10-12H,7-9H2,1-6H3,(H,15,16,17)/p-1. The first kappa shape index (κ1) is 16.0. The Labute approximate surface area is 112 Å². The van der Waals surface area contributed by atoms with Crippen LogP contribution in [0, 0.1) is 22.7 Å². The molecule has 1 saturated carbocycles. The molecule has 0 saturated heterocycles. The fourth-order valence-electron chi connectivity index (χ4n) is 2.92. The molecule has 1 aliphatic rings. The molecule has 0 aromatic carbocycles. The van der Waals surface area contributed by atoms with Gasteiger partial charge in [-0.2, -0.15) is 0 Å². The van der Waals surface area contributed by atoms with Crippen molar-refractivity contribution < 1.29 is 13.0 Å². The average Bonchev–Trinajstić information content (AvgIpc) is 2.13. The van der Waals surface area contributed by atoms with Crippen LogP contribution in [0.3, 0.4) is 0 Å². The van der Waals surface area contributed by atoms with Crippen molar-refractivity contribution in [2.75, 3.05) is 0 Å². The molecule has 0 aliphatic heterocycles. The smallest absolute Gasteiger partial charge is 0.0975 e. The summed E-state index contributed by atoms with van der Waals surface area (Å²) < 4.78 is 34.1. The maximum atomic E-state index is 11.4. The van der Waals surface area contributed by atoms with Gasteiger partial charge in [0.1, 0.15) is 0 Å². The third-order valence-corrected chi connectivity index (χ3v) is 5.72. The third kappa shape index (κ3) is 3.95. The normalized spacial score (nSPS) is 31.4. The predicted molar refractivity (Wildman–Crippen MR) is 73.2 cm³/mol. The van der Waals surface area contributed by atoms with Crippen LogP contribution in [0.2, 0.25) is 0 Å². The van der Waals surface area contributed by atoms with Crippen molar-refractivity contribution >= 4 is 10.1 Å². The maximum absolute atomic E-state index is 11.4. The van der Waals surface area contributed by atoms with Gasteiger partial charge in [0.25, 0.3) is 0 Å². The Balaban J connectivity index is 3.01. The summed E-state index contributed by atoms with van der Waals surface area (Å²) in [7, 11) is -4.16. The van der Waals surface area contributed by atoms with E-state index in [9.17, 15) is 13.0 Å². The lowest BCUT2D eigenvalue weighted by molar-refractivity contribution is 0.0832. The summed E-state index contributed by atoms with van der Waals surface area (Å²) in [6, 6.07) is 0. The highest BCUT2D eigenvalue weighted by molar-refractivity contribution is 7.86. The van der Waals surface area contributed by atoms with Gasteiger partial charge in [-0.05, 0) is 41.9 Å². The van der Waals surface area contributed by atoms with E-state index in [1.807, 2.05) is 0 Å². The van der Waals surface area contributed by atoms with Crippen LogP contribution < -0.4 is 0 Å². The van der Waals surface area contributed by atoms with Crippen LogP contribution in [-0.4, -0.2) is 18.2 Å². The van der Waals surface area contributed by atoms with Crippen molar-refractivity contribution in [2.45, 2.75) is 66.1 Å². The molecule has 0 aromatic heterocycles. The SMILES string of the molecule is CC(C)(C)C1CC(C(C)(C)C)CC(S(=O)(=O)[O-])C1. The number of hydrogen-bond donors (Lipinski definition) is 0. The molecule has 0 bridgehead atoms. The minimum Gasteiger partial charge on any atom is -0.748 e. The van der Waals surface area contributed by atoms with Gasteiger partial charge >= 0.3 is 0 Å². The highest BCUT2D eigenvalue weighted by Crippen LogP contribution is 2.47. The summed E-state index contributed by atoms with van der Waals surface area (Å²) in [5.41, 5.74) is 0.125. The van der Waals surface area contributed by atoms with Crippen LogP contribution in [0.15, 0.2) is 0 Å². The van der Waals surface area contributed by atoms with Gasteiger partial charge in [0, 0.05) is 0 Å². The Kier molecular flexibility index (Phi) is 4.24. The number of hydrogen-bond acceptors (Lipinski definition) is 3. The van der Waals surface area contributed by atoms with E-state index in [4.69, 9.17) is 0 Å². The van der Waals surface area contributed by atoms with Crippen molar-refractivity contribution in [1.29, 1.82) is 0 Å². The van der Waals surface area contributed by atoms with Crippen LogP contribution in [0.4, 0.5) is 0 Å². The van der Waals surface area contributed by atoms with Gasteiger partial charge in [0.2, 0.25) is 0 Å². The van der Waals surface area contributed by atoms with Gasteiger partial charge in [0.05, 0.1) is 15.4 Å². The molecule has 2 atom stereocenters. The first-order valence-electron chi connectivity index (χ1n) is 6.76. The maximum Gasteiger partial charge on any atom is 0.0975 e. The molecule has 3 nitrogen and oxygen atoms in total. The quantitative estimate of drug-likeness (QED) is 0.689. The molecular formula is C14H27O3S-. The van der Waals surface area contributed by atoms with E-state index >= 15 is 0 Å². The van der Waals surface area contributed by atoms with Crippen molar-refractivity contribution in [2.24, 2.45) is 22.7 Å². The van der Waals surface area contributed by atoms with Crippen molar-refractivity contribution in [3.05, 3.63) is 0 Å². The van der Waals surface area contributed by atoms with E-state index in [1.54, 1.807) is 0 Å². The summed E-state index contributed by atoms with van der Waals surface area (Å²) in [6.45, 7) is 12.8. The van der Waals surface area contributed by atoms with E-state index in [0.717, 1.165) is 6.42 Å². The Morgan fingerprint density at radius 1 is 0.833 bits per heavy atom. The first-order chi connectivity index (χ1) is 7.82. The Morgan fingerprint density at radius 3 is 1.39 bits per heavy atom. The van der Waals surface area contributed by atoms with Crippen molar-refractivity contribution in [3.8, 4) is 0 Å². The highest BCUT2D eigenvalue weighted by Gasteiger charge is 2.41. The van der Waals surface area contributed by atoms with Gasteiger partial charge in [-0.3, -0.25) is 0 Å². The molecule has 4 heteroatoms. The Hall–Kier alpha value is -0.0900. The molecule has 0 amide bonds. The van der Waals surface area contributed by atoms with Gasteiger partial charge in [0.15, 0.2) is 0 Å². The molecule has 2 unspecified atom stereocenters. The van der Waals surface area contributed by atoms with E-state index < -0.39 is 15.4 Å². The van der Waals surface area contributed by atoms with Crippen LogP contribution >= 0.6 is 0 Å². The molecule has 0 aromatic rings. The lowest BCUT2D eigenvalue weighted by atomic mass is 9.63. The summed E-state index contributed by atoms with van der Waals surface area (Å²) >= 11 is 0. The molecule has 1 fully saturated rings. The first-order valence-corrected chi connectivity index (χ1v) is 8.23. The molecule has 18 heavy (non-hydrogen) atoms. The lowest BCUT2D eigenvalue weighted by Crippen LogP contribution is -2.41. The summed E-state index contributed by atoms with van der Waals surface area (Å²) in [4.78, 5) is 0. The average molecular weight is 275 g/mol. The molecule has 1 rings (SSSR count). The Morgan fingerprint density at radius 2 is 1.17 bits per heavy atom. The molecule has 0 N–H and O–H groups in total. The zero-order valence-electron chi connectivity index (χ0n) is 12.5. The lowest BCUT2D eigenvalue weighted by Gasteiger charge is -2.46. The molecule has 0 spiro atoms. The van der Waals surface area contributed by atoms with Gasteiger partial charge < -0.3 is 4.55 Å². The van der Waals surface area contributed by atoms with Gasteiger partial charge in [-0.1, -0.05) is 41.5 Å². The minimum atomic E-state index is -4.16. The minimum absolute atomic E-state index is 0.0624. The Bertz CT molecular complexity index is 362. The second-order valence-corrected chi connectivity index (χ2v) is 9.60. The highest BCUT2D eigenvalue weighted by atomic mass is 32.2. The van der Waals surface area contributed by atoms with Crippen LogP contribution in [0.25, 0.3) is 0 Å². The summed E-state index contributed by atoms with van der Waals surface area (Å²) in [5.74, 6) is 0.619. The third-order valence-electron chi connectivity index (χ3n) is 4.52. The predicted octanol–water partition coefficient (Wildman–Crippen LogP) is 3.41. The molecular weight excluding hydrogens is 248 g/mol. The van der Waals surface area contributed by atoms with Crippen molar-refractivity contribution in [3.63, 3.8) is 0 Å². The van der Waals surface area contributed by atoms with Crippen LogP contribution in [-0.2, 0) is 10.1 Å². The summed E-state index contributed by atoms with van der Waals surface area (Å²) in [6.07, 6.45) is 2.09. The number of rotatable bonds is 1.